The number of benzene rings is 3. The molecule has 1 aliphatic heterocycles. The summed E-state index contributed by atoms with van der Waals surface area (Å²) in [6, 6.07) is 24.6. The molecule has 1 atom stereocenters. The first-order valence-electron chi connectivity index (χ1n) is 11.0. The van der Waals surface area contributed by atoms with Gasteiger partial charge in [-0.25, -0.2) is 0 Å². The molecule has 1 amide bonds. The smallest absolute Gasteiger partial charge is 0.258 e. The minimum Gasteiger partial charge on any atom is -0.399 e. The number of nitrogen functional groups attached to an aromatic ring is 1. The lowest BCUT2D eigenvalue weighted by molar-refractivity contribution is 0.0949. The molecule has 3 aromatic rings. The van der Waals surface area contributed by atoms with Gasteiger partial charge in [-0.1, -0.05) is 69.3 Å². The molecular formula is C28H32N2O. The van der Waals surface area contributed by atoms with Crippen LogP contribution in [0.3, 0.4) is 0 Å². The molecule has 31 heavy (non-hydrogen) atoms. The van der Waals surface area contributed by atoms with Gasteiger partial charge >= 0.3 is 0 Å². The Morgan fingerprint density at radius 3 is 2.19 bits per heavy atom. The fourth-order valence-electron chi connectivity index (χ4n) is 5.15. The van der Waals surface area contributed by atoms with E-state index in [1.165, 1.54) is 11.1 Å². The number of rotatable bonds is 3. The molecule has 0 aromatic heterocycles. The summed E-state index contributed by atoms with van der Waals surface area (Å²) in [5, 5.41) is 0. The molecule has 3 aromatic carbocycles. The molecule has 0 fully saturated rings. The van der Waals surface area contributed by atoms with E-state index in [4.69, 9.17) is 5.73 Å². The number of amides is 1. The summed E-state index contributed by atoms with van der Waals surface area (Å²) in [4.78, 5) is 15.8. The molecule has 160 valence electrons. The normalized spacial score (nSPS) is 19.9. The van der Waals surface area contributed by atoms with E-state index in [2.05, 4.69) is 77.1 Å². The SMILES string of the molecule is CC(C)c1ccc(C(=O)N2c3cc(N)ccc3C(C)(c3ccccc3)CC2(C)C)cc1. The van der Waals surface area contributed by atoms with Gasteiger partial charge in [0.2, 0.25) is 0 Å². The highest BCUT2D eigenvalue weighted by Gasteiger charge is 2.47. The number of hydrogen-bond acceptors (Lipinski definition) is 2. The van der Waals surface area contributed by atoms with Crippen LogP contribution in [0.4, 0.5) is 11.4 Å². The van der Waals surface area contributed by atoms with Crippen LogP contribution in [0.5, 0.6) is 0 Å². The summed E-state index contributed by atoms with van der Waals surface area (Å²) in [6.07, 6.45) is 0.816. The van der Waals surface area contributed by atoms with Crippen molar-refractivity contribution in [1.82, 2.24) is 0 Å². The van der Waals surface area contributed by atoms with Crippen LogP contribution >= 0.6 is 0 Å². The van der Waals surface area contributed by atoms with Gasteiger partial charge in [-0.05, 0) is 67.1 Å². The molecule has 0 radical (unpaired) electrons. The third-order valence-corrected chi connectivity index (χ3v) is 6.69. The average molecular weight is 413 g/mol. The fraction of sp³-hybridized carbons (Fsp3) is 0.321. The first-order valence-corrected chi connectivity index (χ1v) is 11.0. The Morgan fingerprint density at radius 2 is 1.58 bits per heavy atom. The van der Waals surface area contributed by atoms with E-state index in [0.717, 1.165) is 17.7 Å². The zero-order chi connectivity index (χ0) is 22.4. The molecule has 4 rings (SSSR count). The zero-order valence-electron chi connectivity index (χ0n) is 19.1. The minimum atomic E-state index is -0.390. The Hall–Kier alpha value is -3.07. The van der Waals surface area contributed by atoms with E-state index < -0.39 is 0 Å². The predicted octanol–water partition coefficient (Wildman–Crippen LogP) is 6.53. The maximum absolute atomic E-state index is 13.8. The second-order valence-corrected chi connectivity index (χ2v) is 9.88. The van der Waals surface area contributed by atoms with E-state index in [9.17, 15) is 4.79 Å². The van der Waals surface area contributed by atoms with Crippen LogP contribution < -0.4 is 10.6 Å². The lowest BCUT2D eigenvalue weighted by Crippen LogP contribution is -2.55. The first-order chi connectivity index (χ1) is 14.6. The van der Waals surface area contributed by atoms with E-state index in [0.29, 0.717) is 17.2 Å². The molecule has 3 nitrogen and oxygen atoms in total. The summed E-state index contributed by atoms with van der Waals surface area (Å²) in [6.45, 7) is 10.9. The maximum Gasteiger partial charge on any atom is 0.258 e. The number of carbonyl (C=O) groups is 1. The van der Waals surface area contributed by atoms with Gasteiger partial charge in [-0.3, -0.25) is 4.79 Å². The Morgan fingerprint density at radius 1 is 0.935 bits per heavy atom. The number of nitrogens with zero attached hydrogens (tertiary/aromatic N) is 1. The third-order valence-electron chi connectivity index (χ3n) is 6.69. The van der Waals surface area contributed by atoms with Crippen molar-refractivity contribution in [1.29, 1.82) is 0 Å². The van der Waals surface area contributed by atoms with Crippen molar-refractivity contribution >= 4 is 17.3 Å². The zero-order valence-corrected chi connectivity index (χ0v) is 19.1. The van der Waals surface area contributed by atoms with Crippen molar-refractivity contribution in [2.24, 2.45) is 0 Å². The highest BCUT2D eigenvalue weighted by Crippen LogP contribution is 2.51. The third kappa shape index (κ3) is 3.63. The van der Waals surface area contributed by atoms with Gasteiger partial charge in [0, 0.05) is 22.2 Å². The first kappa shape index (κ1) is 21.2. The highest BCUT2D eigenvalue weighted by molar-refractivity contribution is 6.08. The van der Waals surface area contributed by atoms with E-state index in [-0.39, 0.29) is 16.9 Å². The topological polar surface area (TPSA) is 46.3 Å². The van der Waals surface area contributed by atoms with Crippen LogP contribution in [0, 0.1) is 0 Å². The van der Waals surface area contributed by atoms with Crippen molar-refractivity contribution in [2.75, 3.05) is 10.6 Å². The second kappa shape index (κ2) is 7.56. The standard InChI is InChI=1S/C28H32N2O/c1-19(2)20-11-13-21(14-12-20)26(31)30-25-17-23(29)15-16-24(25)28(5,18-27(30,3)4)22-9-7-6-8-10-22/h6-17,19H,18,29H2,1-5H3. The van der Waals surface area contributed by atoms with Crippen molar-refractivity contribution in [3.05, 3.63) is 95.1 Å². The fourth-order valence-corrected chi connectivity index (χ4v) is 5.15. The molecule has 3 heteroatoms. The largest absolute Gasteiger partial charge is 0.399 e. The number of nitrogens with two attached hydrogens (primary N) is 1. The van der Waals surface area contributed by atoms with Crippen molar-refractivity contribution < 1.29 is 4.79 Å². The van der Waals surface area contributed by atoms with Crippen LogP contribution in [-0.4, -0.2) is 11.4 Å². The number of hydrogen-bond donors (Lipinski definition) is 1. The van der Waals surface area contributed by atoms with Crippen LogP contribution in [0.1, 0.15) is 74.0 Å². The summed E-state index contributed by atoms with van der Waals surface area (Å²) < 4.78 is 0. The van der Waals surface area contributed by atoms with Crippen molar-refractivity contribution in [2.45, 2.75) is 57.9 Å². The monoisotopic (exact) mass is 412 g/mol. The van der Waals surface area contributed by atoms with E-state index in [1.54, 1.807) is 0 Å². The molecule has 0 saturated heterocycles. The molecule has 2 N–H and O–H groups in total. The van der Waals surface area contributed by atoms with Crippen molar-refractivity contribution in [3.63, 3.8) is 0 Å². The summed E-state index contributed by atoms with van der Waals surface area (Å²) in [5.41, 5.74) is 11.5. The van der Waals surface area contributed by atoms with Gasteiger partial charge in [0.15, 0.2) is 0 Å². The minimum absolute atomic E-state index is 0.0160. The highest BCUT2D eigenvalue weighted by atomic mass is 16.2. The Kier molecular flexibility index (Phi) is 5.17. The molecule has 1 heterocycles. The molecule has 0 bridgehead atoms. The molecule has 0 saturated carbocycles. The Bertz CT molecular complexity index is 1100. The van der Waals surface area contributed by atoms with Crippen LogP contribution in [0.25, 0.3) is 0 Å². The van der Waals surface area contributed by atoms with Crippen LogP contribution in [0.2, 0.25) is 0 Å². The lowest BCUT2D eigenvalue weighted by atomic mass is 9.65. The molecular weight excluding hydrogens is 380 g/mol. The Balaban J connectivity index is 1.86. The Labute approximate surface area is 185 Å². The number of anilines is 2. The summed E-state index contributed by atoms with van der Waals surface area (Å²) in [5.74, 6) is 0.449. The number of carbonyl (C=O) groups excluding carboxylic acids is 1. The maximum atomic E-state index is 13.8. The van der Waals surface area contributed by atoms with Gasteiger partial charge in [0.05, 0.1) is 5.69 Å². The van der Waals surface area contributed by atoms with Gasteiger partial charge < -0.3 is 10.6 Å². The van der Waals surface area contributed by atoms with Gasteiger partial charge in [-0.2, -0.15) is 0 Å². The van der Waals surface area contributed by atoms with E-state index in [1.807, 2.05) is 35.2 Å². The van der Waals surface area contributed by atoms with Gasteiger partial charge in [-0.15, -0.1) is 0 Å². The predicted molar refractivity (Wildman–Crippen MR) is 130 cm³/mol. The summed E-state index contributed by atoms with van der Waals surface area (Å²) in [7, 11) is 0. The lowest BCUT2D eigenvalue weighted by Gasteiger charge is -2.51. The van der Waals surface area contributed by atoms with Crippen LogP contribution in [-0.2, 0) is 5.41 Å². The number of fused-ring (bicyclic) bond motifs is 1. The summed E-state index contributed by atoms with van der Waals surface area (Å²) >= 11 is 0. The second-order valence-electron chi connectivity index (χ2n) is 9.88. The van der Waals surface area contributed by atoms with Crippen LogP contribution in [0.15, 0.2) is 72.8 Å². The quantitative estimate of drug-likeness (QED) is 0.497. The van der Waals surface area contributed by atoms with Gasteiger partial charge in [0.25, 0.3) is 5.91 Å². The van der Waals surface area contributed by atoms with Crippen molar-refractivity contribution in [3.8, 4) is 0 Å². The average Bonchev–Trinajstić information content (AvgIpc) is 2.73. The molecule has 1 aliphatic rings. The van der Waals surface area contributed by atoms with Gasteiger partial charge in [0.1, 0.15) is 0 Å². The molecule has 1 unspecified atom stereocenters. The molecule has 0 spiro atoms. The van der Waals surface area contributed by atoms with E-state index >= 15 is 0 Å². The molecule has 0 aliphatic carbocycles.